The number of carboxylic acids is 1. The predicted molar refractivity (Wildman–Crippen MR) is 69.0 cm³/mol. The molecule has 1 aliphatic rings. The van der Waals surface area contributed by atoms with E-state index in [-0.39, 0.29) is 17.0 Å². The fourth-order valence-electron chi connectivity index (χ4n) is 2.32. The zero-order chi connectivity index (χ0) is 14.2. The van der Waals surface area contributed by atoms with Crippen molar-refractivity contribution >= 4 is 17.6 Å². The zero-order valence-electron chi connectivity index (χ0n) is 10.6. The van der Waals surface area contributed by atoms with Gasteiger partial charge in [-0.05, 0) is 31.4 Å². The molecule has 19 heavy (non-hydrogen) atoms. The first-order valence-corrected chi connectivity index (χ1v) is 6.05. The Morgan fingerprint density at radius 2 is 2.11 bits per heavy atom. The van der Waals surface area contributed by atoms with Gasteiger partial charge >= 0.3 is 5.97 Å². The lowest BCUT2D eigenvalue weighted by atomic mass is 10.1. The third-order valence-corrected chi connectivity index (χ3v) is 3.45. The number of carbonyl (C=O) groups excluding carboxylic acids is 1. The molecule has 0 aromatic heterocycles. The number of aromatic hydroxyl groups is 1. The highest BCUT2D eigenvalue weighted by Crippen LogP contribution is 2.30. The molecule has 1 aromatic carbocycles. The van der Waals surface area contributed by atoms with Crippen LogP contribution in [0.3, 0.4) is 0 Å². The van der Waals surface area contributed by atoms with Gasteiger partial charge in [-0.15, -0.1) is 0 Å². The molecule has 0 radical (unpaired) electrons. The summed E-state index contributed by atoms with van der Waals surface area (Å²) < 4.78 is 0. The van der Waals surface area contributed by atoms with Gasteiger partial charge in [-0.25, -0.2) is 4.79 Å². The fraction of sp³-hybridized carbons (Fsp3) is 0.385. The van der Waals surface area contributed by atoms with E-state index in [1.807, 2.05) is 0 Å². The van der Waals surface area contributed by atoms with E-state index in [2.05, 4.69) is 0 Å². The molecule has 1 fully saturated rings. The quantitative estimate of drug-likeness (QED) is 0.545. The van der Waals surface area contributed by atoms with Crippen molar-refractivity contribution in [3.05, 3.63) is 23.3 Å². The van der Waals surface area contributed by atoms with Crippen LogP contribution < -0.4 is 5.73 Å². The van der Waals surface area contributed by atoms with Crippen molar-refractivity contribution in [1.29, 1.82) is 0 Å². The summed E-state index contributed by atoms with van der Waals surface area (Å²) in [5.74, 6) is -1.59. The molecule has 1 aromatic rings. The largest absolute Gasteiger partial charge is 0.505 e. The number of hydrogen-bond donors (Lipinski definition) is 3. The Morgan fingerprint density at radius 1 is 1.42 bits per heavy atom. The van der Waals surface area contributed by atoms with Crippen LogP contribution in [0.1, 0.15) is 28.8 Å². The van der Waals surface area contributed by atoms with Crippen molar-refractivity contribution < 1.29 is 19.8 Å². The number of nitrogens with two attached hydrogens (primary N) is 1. The summed E-state index contributed by atoms with van der Waals surface area (Å²) in [6, 6.07) is 2.30. The molecule has 4 N–H and O–H groups in total. The molecule has 0 unspecified atom stereocenters. The van der Waals surface area contributed by atoms with Gasteiger partial charge < -0.3 is 20.8 Å². The number of carbonyl (C=O) groups is 2. The third-order valence-electron chi connectivity index (χ3n) is 3.45. The smallest absolute Gasteiger partial charge is 0.326 e. The minimum absolute atomic E-state index is 0.000962. The minimum Gasteiger partial charge on any atom is -0.505 e. The van der Waals surface area contributed by atoms with Crippen molar-refractivity contribution in [3.63, 3.8) is 0 Å². The number of aryl methyl sites for hydroxylation is 1. The molecular formula is C13H16N2O4. The predicted octanol–water partition coefficient (Wildman–Crippen LogP) is 0.972. The Labute approximate surface area is 110 Å². The van der Waals surface area contributed by atoms with Crippen molar-refractivity contribution in [1.82, 2.24) is 4.90 Å². The molecule has 6 heteroatoms. The highest BCUT2D eigenvalue weighted by molar-refractivity contribution is 6.02. The molecule has 1 atom stereocenters. The lowest BCUT2D eigenvalue weighted by molar-refractivity contribution is -0.141. The minimum atomic E-state index is -1.01. The molecule has 1 heterocycles. The Bertz CT molecular complexity index is 542. The number of anilines is 1. The van der Waals surface area contributed by atoms with Crippen LogP contribution >= 0.6 is 0 Å². The molecular weight excluding hydrogens is 248 g/mol. The van der Waals surface area contributed by atoms with Crippen LogP contribution in [-0.2, 0) is 4.79 Å². The second-order valence-electron chi connectivity index (χ2n) is 4.69. The lowest BCUT2D eigenvalue weighted by Gasteiger charge is -2.22. The Balaban J connectivity index is 2.35. The average molecular weight is 264 g/mol. The van der Waals surface area contributed by atoms with Gasteiger partial charge in [-0.2, -0.15) is 0 Å². The maximum Gasteiger partial charge on any atom is 0.326 e. The highest BCUT2D eigenvalue weighted by Gasteiger charge is 2.35. The number of likely N-dealkylation sites (tertiary alicyclic amines) is 1. The molecule has 1 aliphatic heterocycles. The number of phenols is 1. The van der Waals surface area contributed by atoms with Crippen LogP contribution in [-0.4, -0.2) is 39.6 Å². The topological polar surface area (TPSA) is 104 Å². The van der Waals surface area contributed by atoms with E-state index in [1.54, 1.807) is 13.0 Å². The van der Waals surface area contributed by atoms with Gasteiger partial charge in [-0.3, -0.25) is 4.79 Å². The molecule has 0 bridgehead atoms. The number of nitrogen functional groups attached to an aromatic ring is 1. The second-order valence-corrected chi connectivity index (χ2v) is 4.69. The van der Waals surface area contributed by atoms with Gasteiger partial charge in [0.1, 0.15) is 11.8 Å². The highest BCUT2D eigenvalue weighted by atomic mass is 16.4. The first-order chi connectivity index (χ1) is 8.93. The number of carboxylic acid groups (broad SMARTS) is 1. The normalized spacial score (nSPS) is 18.6. The average Bonchev–Trinajstić information content (AvgIpc) is 2.84. The second kappa shape index (κ2) is 4.79. The summed E-state index contributed by atoms with van der Waals surface area (Å²) in [6.45, 7) is 2.07. The van der Waals surface area contributed by atoms with Gasteiger partial charge in [0.25, 0.3) is 5.91 Å². The van der Waals surface area contributed by atoms with Crippen molar-refractivity contribution in [2.45, 2.75) is 25.8 Å². The molecule has 102 valence electrons. The van der Waals surface area contributed by atoms with E-state index < -0.39 is 17.9 Å². The van der Waals surface area contributed by atoms with Gasteiger partial charge in [0.05, 0.1) is 11.3 Å². The Hall–Kier alpha value is -2.24. The number of rotatable bonds is 2. The van der Waals surface area contributed by atoms with Crippen LogP contribution in [0.15, 0.2) is 12.1 Å². The summed E-state index contributed by atoms with van der Waals surface area (Å²) in [5, 5.41) is 18.8. The molecule has 0 aliphatic carbocycles. The monoisotopic (exact) mass is 264 g/mol. The van der Waals surface area contributed by atoms with E-state index in [0.29, 0.717) is 24.9 Å². The van der Waals surface area contributed by atoms with Crippen LogP contribution in [0.4, 0.5) is 5.69 Å². The SMILES string of the molecule is Cc1ccc(C(=O)N2CCC[C@H]2C(=O)O)c(N)c1O. The van der Waals surface area contributed by atoms with Crippen molar-refractivity contribution in [2.24, 2.45) is 0 Å². The number of aliphatic carboxylic acids is 1. The third kappa shape index (κ3) is 2.21. The zero-order valence-corrected chi connectivity index (χ0v) is 10.6. The van der Waals surface area contributed by atoms with E-state index in [1.165, 1.54) is 11.0 Å². The van der Waals surface area contributed by atoms with Crippen molar-refractivity contribution in [3.8, 4) is 5.75 Å². The number of phenolic OH excluding ortho intramolecular Hbond substituents is 1. The summed E-state index contributed by atoms with van der Waals surface area (Å²) in [4.78, 5) is 24.7. The lowest BCUT2D eigenvalue weighted by Crippen LogP contribution is -2.40. The number of nitrogens with zero attached hydrogens (tertiary/aromatic N) is 1. The molecule has 0 saturated carbocycles. The van der Waals surface area contributed by atoms with Crippen molar-refractivity contribution in [2.75, 3.05) is 12.3 Å². The molecule has 1 saturated heterocycles. The van der Waals surface area contributed by atoms with Crippen LogP contribution in [0.2, 0.25) is 0 Å². The van der Waals surface area contributed by atoms with Gasteiger partial charge in [-0.1, -0.05) is 6.07 Å². The van der Waals surface area contributed by atoms with E-state index >= 15 is 0 Å². The maximum absolute atomic E-state index is 12.3. The molecule has 6 nitrogen and oxygen atoms in total. The van der Waals surface area contributed by atoms with Crippen LogP contribution in [0, 0.1) is 6.92 Å². The number of amides is 1. The van der Waals surface area contributed by atoms with E-state index in [9.17, 15) is 14.7 Å². The summed E-state index contributed by atoms with van der Waals surface area (Å²) >= 11 is 0. The van der Waals surface area contributed by atoms with Crippen LogP contribution in [0.5, 0.6) is 5.75 Å². The number of benzene rings is 1. The van der Waals surface area contributed by atoms with Crippen LogP contribution in [0.25, 0.3) is 0 Å². The van der Waals surface area contributed by atoms with Gasteiger partial charge in [0.2, 0.25) is 0 Å². The van der Waals surface area contributed by atoms with Gasteiger partial charge in [0, 0.05) is 6.54 Å². The summed E-state index contributed by atoms with van der Waals surface area (Å²) in [5.41, 5.74) is 6.45. The van der Waals surface area contributed by atoms with Gasteiger partial charge in [0.15, 0.2) is 0 Å². The standard InChI is InChI=1S/C13H16N2O4/c1-7-4-5-8(10(14)11(7)16)12(17)15-6-2-3-9(15)13(18)19/h4-5,9,16H,2-3,6,14H2,1H3,(H,18,19)/t9-/m0/s1. The molecule has 0 spiro atoms. The summed E-state index contributed by atoms with van der Waals surface area (Å²) in [6.07, 6.45) is 1.10. The number of hydrogen-bond acceptors (Lipinski definition) is 4. The van der Waals surface area contributed by atoms with E-state index in [4.69, 9.17) is 10.8 Å². The Morgan fingerprint density at radius 3 is 2.74 bits per heavy atom. The Kier molecular flexibility index (Phi) is 3.33. The first-order valence-electron chi connectivity index (χ1n) is 6.05. The summed E-state index contributed by atoms with van der Waals surface area (Å²) in [7, 11) is 0. The molecule has 2 rings (SSSR count). The van der Waals surface area contributed by atoms with E-state index in [0.717, 1.165) is 0 Å². The maximum atomic E-state index is 12.3. The first kappa shape index (κ1) is 13.2. The molecule has 1 amide bonds. The fourth-order valence-corrected chi connectivity index (χ4v) is 2.32.